The molecular formula is C22H28F2N6O. The van der Waals surface area contributed by atoms with Gasteiger partial charge in [0.25, 0.3) is 5.92 Å². The van der Waals surface area contributed by atoms with Gasteiger partial charge in [-0.3, -0.25) is 14.8 Å². The average Bonchev–Trinajstić information content (AvgIpc) is 2.73. The highest BCUT2D eigenvalue weighted by atomic mass is 19.3. The van der Waals surface area contributed by atoms with Gasteiger partial charge in [0.05, 0.1) is 23.8 Å². The Morgan fingerprint density at radius 2 is 1.97 bits per heavy atom. The van der Waals surface area contributed by atoms with E-state index in [0.717, 1.165) is 25.9 Å². The van der Waals surface area contributed by atoms with Gasteiger partial charge in [0, 0.05) is 43.6 Å². The van der Waals surface area contributed by atoms with E-state index in [1.54, 1.807) is 17.0 Å². The van der Waals surface area contributed by atoms with Crippen LogP contribution in [0, 0.1) is 11.3 Å². The number of carbonyl (C=O) groups excluding carboxylic acids is 1. The third-order valence-corrected chi connectivity index (χ3v) is 6.22. The molecule has 166 valence electrons. The molecule has 2 saturated heterocycles. The van der Waals surface area contributed by atoms with Crippen LogP contribution in [0.1, 0.15) is 31.2 Å². The molecule has 1 aromatic carbocycles. The monoisotopic (exact) mass is 430 g/mol. The molecule has 7 nitrogen and oxygen atoms in total. The van der Waals surface area contributed by atoms with E-state index < -0.39 is 18.5 Å². The molecule has 0 bridgehead atoms. The normalized spacial score (nSPS) is 22.4. The Morgan fingerprint density at radius 3 is 2.68 bits per heavy atom. The summed E-state index contributed by atoms with van der Waals surface area (Å²) < 4.78 is 29.2. The lowest BCUT2D eigenvalue weighted by Gasteiger charge is -2.39. The number of anilines is 1. The number of carbonyl (C=O) groups is 1. The zero-order valence-corrected chi connectivity index (χ0v) is 17.7. The summed E-state index contributed by atoms with van der Waals surface area (Å²) in [6.07, 6.45) is 6.15. The van der Waals surface area contributed by atoms with Crippen LogP contribution in [0.2, 0.25) is 0 Å². The molecule has 9 heteroatoms. The maximum Gasteiger partial charge on any atom is 0.267 e. The van der Waals surface area contributed by atoms with Gasteiger partial charge in [-0.25, -0.2) is 8.78 Å². The maximum atomic E-state index is 14.6. The van der Waals surface area contributed by atoms with Gasteiger partial charge in [0.1, 0.15) is 5.52 Å². The van der Waals surface area contributed by atoms with E-state index in [2.05, 4.69) is 27.2 Å². The van der Waals surface area contributed by atoms with E-state index in [4.69, 9.17) is 5.41 Å². The van der Waals surface area contributed by atoms with Gasteiger partial charge in [0.15, 0.2) is 0 Å². The number of nitrogens with one attached hydrogen (secondary N) is 2. The van der Waals surface area contributed by atoms with Crippen molar-refractivity contribution in [3.8, 4) is 0 Å². The number of alkyl halides is 2. The third-order valence-electron chi connectivity index (χ3n) is 6.22. The Balaban J connectivity index is 1.50. The molecule has 1 aromatic heterocycles. The molecule has 4 rings (SSSR count). The fraction of sp³-hybridized carbons (Fsp3) is 0.545. The molecule has 1 atom stereocenters. The molecule has 2 N–H and O–H groups in total. The lowest BCUT2D eigenvalue weighted by atomic mass is 9.93. The van der Waals surface area contributed by atoms with E-state index in [0.29, 0.717) is 34.6 Å². The van der Waals surface area contributed by atoms with Crippen molar-refractivity contribution in [3.05, 3.63) is 30.1 Å². The maximum absolute atomic E-state index is 14.6. The second-order valence-electron chi connectivity index (χ2n) is 8.73. The van der Waals surface area contributed by atoms with Crippen LogP contribution in [0.15, 0.2) is 24.5 Å². The largest absolute Gasteiger partial charge is 0.362 e. The number of hydrogen-bond acceptors (Lipinski definition) is 6. The van der Waals surface area contributed by atoms with Crippen LogP contribution >= 0.6 is 0 Å². The zero-order chi connectivity index (χ0) is 22.0. The van der Waals surface area contributed by atoms with Crippen LogP contribution in [0.25, 0.3) is 11.0 Å². The quantitative estimate of drug-likeness (QED) is 0.713. The molecule has 0 radical (unpaired) electrons. The SMILES string of the molecule is CN1CCC(CC(=O)NC2CN(c3ccc(C=N)c4nccnc34)CC(F)(F)C2)CC1. The number of halogens is 2. The number of aromatic nitrogens is 2. The Kier molecular flexibility index (Phi) is 6.13. The first-order valence-corrected chi connectivity index (χ1v) is 10.7. The molecule has 2 aromatic rings. The zero-order valence-electron chi connectivity index (χ0n) is 17.7. The number of likely N-dealkylation sites (tertiary alicyclic amines) is 1. The standard InChI is InChI=1S/C22H28F2N6O/c1-29-8-4-15(5-9-29)10-19(31)28-17-11-22(23,24)14-30(13-17)18-3-2-16(12-25)20-21(18)27-7-6-26-20/h2-3,6-7,12,15,17,25H,4-5,8-11,13-14H2,1H3,(H,28,31). The van der Waals surface area contributed by atoms with Gasteiger partial charge in [-0.1, -0.05) is 0 Å². The highest BCUT2D eigenvalue weighted by Crippen LogP contribution is 2.34. The molecule has 1 amide bonds. The molecule has 2 aliphatic rings. The van der Waals surface area contributed by atoms with Crippen molar-refractivity contribution < 1.29 is 13.6 Å². The van der Waals surface area contributed by atoms with E-state index in [1.807, 2.05) is 0 Å². The van der Waals surface area contributed by atoms with Crippen molar-refractivity contribution in [2.45, 2.75) is 37.6 Å². The number of rotatable bonds is 5. The first kappa shape index (κ1) is 21.5. The van der Waals surface area contributed by atoms with Crippen LogP contribution in [0.4, 0.5) is 14.5 Å². The van der Waals surface area contributed by atoms with Crippen molar-refractivity contribution >= 4 is 28.8 Å². The van der Waals surface area contributed by atoms with Crippen LogP contribution < -0.4 is 10.2 Å². The van der Waals surface area contributed by atoms with E-state index in [9.17, 15) is 13.6 Å². The van der Waals surface area contributed by atoms with Crippen molar-refractivity contribution in [1.82, 2.24) is 20.2 Å². The van der Waals surface area contributed by atoms with Gasteiger partial charge >= 0.3 is 0 Å². The summed E-state index contributed by atoms with van der Waals surface area (Å²) in [5, 5.41) is 10.4. The molecule has 3 heterocycles. The van der Waals surface area contributed by atoms with E-state index in [1.165, 1.54) is 18.6 Å². The fourth-order valence-corrected chi connectivity index (χ4v) is 4.63. The smallest absolute Gasteiger partial charge is 0.267 e. The Morgan fingerprint density at radius 1 is 1.26 bits per heavy atom. The van der Waals surface area contributed by atoms with Crippen molar-refractivity contribution in [2.75, 3.05) is 38.1 Å². The van der Waals surface area contributed by atoms with Crippen molar-refractivity contribution in [3.63, 3.8) is 0 Å². The number of benzene rings is 1. The minimum Gasteiger partial charge on any atom is -0.362 e. The van der Waals surface area contributed by atoms with E-state index in [-0.39, 0.29) is 18.9 Å². The molecular weight excluding hydrogens is 402 g/mol. The molecule has 0 aliphatic carbocycles. The summed E-state index contributed by atoms with van der Waals surface area (Å²) >= 11 is 0. The lowest BCUT2D eigenvalue weighted by molar-refractivity contribution is -0.123. The van der Waals surface area contributed by atoms with Gasteiger partial charge in [0.2, 0.25) is 5.91 Å². The number of amides is 1. The summed E-state index contributed by atoms with van der Waals surface area (Å²) in [6.45, 7) is 1.77. The fourth-order valence-electron chi connectivity index (χ4n) is 4.63. The number of fused-ring (bicyclic) bond motifs is 1. The predicted octanol–water partition coefficient (Wildman–Crippen LogP) is 2.69. The first-order chi connectivity index (χ1) is 14.8. The number of hydrogen-bond donors (Lipinski definition) is 2. The highest BCUT2D eigenvalue weighted by Gasteiger charge is 2.41. The van der Waals surface area contributed by atoms with Gasteiger partial charge < -0.3 is 20.5 Å². The second-order valence-corrected chi connectivity index (χ2v) is 8.73. The van der Waals surface area contributed by atoms with Crippen LogP contribution in [0.3, 0.4) is 0 Å². The molecule has 1 unspecified atom stereocenters. The summed E-state index contributed by atoms with van der Waals surface area (Å²) in [5.74, 6) is -2.77. The van der Waals surface area contributed by atoms with Gasteiger partial charge in [-0.05, 0) is 51.0 Å². The summed E-state index contributed by atoms with van der Waals surface area (Å²) in [7, 11) is 2.07. The van der Waals surface area contributed by atoms with Gasteiger partial charge in [-0.15, -0.1) is 0 Å². The topological polar surface area (TPSA) is 85.2 Å². The van der Waals surface area contributed by atoms with Gasteiger partial charge in [-0.2, -0.15) is 0 Å². The number of nitrogens with zero attached hydrogens (tertiary/aromatic N) is 4. The van der Waals surface area contributed by atoms with Crippen molar-refractivity contribution in [1.29, 1.82) is 5.41 Å². The minimum absolute atomic E-state index is 0.152. The van der Waals surface area contributed by atoms with E-state index >= 15 is 0 Å². The summed E-state index contributed by atoms with van der Waals surface area (Å²) in [4.78, 5) is 25.0. The first-order valence-electron chi connectivity index (χ1n) is 10.7. The highest BCUT2D eigenvalue weighted by molar-refractivity contribution is 6.00. The van der Waals surface area contributed by atoms with Crippen LogP contribution in [0.5, 0.6) is 0 Å². The molecule has 0 spiro atoms. The second kappa shape index (κ2) is 8.82. The molecule has 2 fully saturated rings. The van der Waals surface area contributed by atoms with Crippen LogP contribution in [-0.2, 0) is 4.79 Å². The number of piperidine rings is 2. The average molecular weight is 431 g/mol. The summed E-state index contributed by atoms with van der Waals surface area (Å²) in [5.41, 5.74) is 2.12. The lowest BCUT2D eigenvalue weighted by Crippen LogP contribution is -2.55. The predicted molar refractivity (Wildman–Crippen MR) is 116 cm³/mol. The Bertz CT molecular complexity index is 960. The summed E-state index contributed by atoms with van der Waals surface area (Å²) in [6, 6.07) is 2.76. The minimum atomic E-state index is -2.93. The molecule has 31 heavy (non-hydrogen) atoms. The third kappa shape index (κ3) is 4.98. The Labute approximate surface area is 180 Å². The molecule has 2 aliphatic heterocycles. The Hall–Kier alpha value is -2.68. The van der Waals surface area contributed by atoms with Crippen LogP contribution in [-0.4, -0.2) is 72.2 Å². The molecule has 0 saturated carbocycles. The van der Waals surface area contributed by atoms with Crippen molar-refractivity contribution in [2.24, 2.45) is 5.92 Å².